The lowest BCUT2D eigenvalue weighted by Crippen LogP contribution is -2.70. The van der Waals surface area contributed by atoms with Crippen LogP contribution in [-0.4, -0.2) is 35.8 Å². The van der Waals surface area contributed by atoms with E-state index in [1.54, 1.807) is 32.0 Å². The van der Waals surface area contributed by atoms with Crippen molar-refractivity contribution in [1.82, 2.24) is 0 Å². The first-order valence-electron chi connectivity index (χ1n) is 11.2. The number of hydrogen-bond donors (Lipinski definition) is 0. The van der Waals surface area contributed by atoms with Crippen LogP contribution in [0.4, 0.5) is 57.1 Å². The summed E-state index contributed by atoms with van der Waals surface area (Å²) >= 11 is 4.02. The molecule has 0 radical (unpaired) electrons. The lowest BCUT2D eigenvalue weighted by atomic mass is 9.91. The highest BCUT2D eigenvalue weighted by atomic mass is 32.1. The van der Waals surface area contributed by atoms with Crippen molar-refractivity contribution in [1.29, 1.82) is 0 Å². The van der Waals surface area contributed by atoms with Gasteiger partial charge in [-0.15, -0.1) is 34.0 Å². The monoisotopic (exact) mass is 650 g/mol. The average molecular weight is 651 g/mol. The van der Waals surface area contributed by atoms with Gasteiger partial charge in [-0.3, -0.25) is 0 Å². The molecule has 0 aliphatic heterocycles. The third-order valence-corrected chi connectivity index (χ3v) is 9.81. The van der Waals surface area contributed by atoms with E-state index in [4.69, 9.17) is 0 Å². The van der Waals surface area contributed by atoms with Crippen LogP contribution < -0.4 is 0 Å². The van der Waals surface area contributed by atoms with E-state index in [9.17, 15) is 57.1 Å². The van der Waals surface area contributed by atoms with E-state index in [-0.39, 0.29) is 0 Å². The van der Waals surface area contributed by atoms with Crippen molar-refractivity contribution in [2.75, 3.05) is 0 Å². The number of halogens is 13. The van der Waals surface area contributed by atoms with Crippen LogP contribution in [0.15, 0.2) is 24.3 Å². The molecule has 0 fully saturated rings. The molecule has 0 N–H and O–H groups in total. The van der Waals surface area contributed by atoms with E-state index in [0.29, 0.717) is 20.9 Å². The lowest BCUT2D eigenvalue weighted by molar-refractivity contribution is -0.440. The molecule has 0 nitrogen and oxygen atoms in total. The third-order valence-electron chi connectivity index (χ3n) is 6.12. The summed E-state index contributed by atoms with van der Waals surface area (Å²) in [6.45, 7) is 5.26. The van der Waals surface area contributed by atoms with Crippen molar-refractivity contribution in [2.45, 2.75) is 75.8 Å². The Bertz CT molecular complexity index is 1340. The molecule has 3 aromatic heterocycles. The van der Waals surface area contributed by atoms with Gasteiger partial charge < -0.3 is 0 Å². The number of aryl methyl sites for hydroxylation is 2. The number of hydrogen-bond acceptors (Lipinski definition) is 3. The van der Waals surface area contributed by atoms with Gasteiger partial charge in [0.25, 0.3) is 0 Å². The first-order valence-corrected chi connectivity index (χ1v) is 13.7. The molecule has 0 aliphatic rings. The Hall–Kier alpha value is -1.81. The minimum atomic E-state index is -7.88. The second-order valence-electron chi connectivity index (χ2n) is 9.04. The largest absolute Gasteiger partial charge is 0.460 e. The number of thiophene rings is 3. The first-order chi connectivity index (χ1) is 18.0. The van der Waals surface area contributed by atoms with Crippen molar-refractivity contribution in [3.63, 3.8) is 0 Å². The Labute approximate surface area is 231 Å². The molecular formula is C24H19F13S3. The summed E-state index contributed by atoms with van der Waals surface area (Å²) < 4.78 is 175. The molecule has 0 amide bonds. The van der Waals surface area contributed by atoms with E-state index in [1.807, 2.05) is 13.0 Å². The van der Waals surface area contributed by atoms with Gasteiger partial charge in [0.2, 0.25) is 0 Å². The Morgan fingerprint density at radius 1 is 0.550 bits per heavy atom. The SMILES string of the molecule is Cc1ccc(-c2sc(-c3ccc(C)s3)c(CCCC(F)(F)C(F)(F)C(F)(F)C(F)(F)C(F)(F)C(F)(F)F)c2C)s1. The molecule has 224 valence electrons. The molecule has 16 heteroatoms. The molecule has 0 atom stereocenters. The van der Waals surface area contributed by atoms with E-state index in [0.717, 1.165) is 19.5 Å². The van der Waals surface area contributed by atoms with Crippen LogP contribution in [0.3, 0.4) is 0 Å². The summed E-state index contributed by atoms with van der Waals surface area (Å²) in [6.07, 6.45) is -11.0. The summed E-state index contributed by atoms with van der Waals surface area (Å²) in [5, 5.41) is 0. The highest BCUT2D eigenvalue weighted by Gasteiger charge is 2.90. The van der Waals surface area contributed by atoms with Crippen LogP contribution in [0, 0.1) is 20.8 Å². The van der Waals surface area contributed by atoms with Gasteiger partial charge in [0.05, 0.1) is 0 Å². The molecule has 3 aromatic rings. The van der Waals surface area contributed by atoms with Crippen molar-refractivity contribution in [3.05, 3.63) is 45.1 Å². The quantitative estimate of drug-likeness (QED) is 0.192. The predicted molar refractivity (Wildman–Crippen MR) is 129 cm³/mol. The Balaban J connectivity index is 1.92. The minimum absolute atomic E-state index is 0.396. The zero-order valence-electron chi connectivity index (χ0n) is 20.6. The Morgan fingerprint density at radius 2 is 1.00 bits per heavy atom. The van der Waals surface area contributed by atoms with Gasteiger partial charge >= 0.3 is 35.8 Å². The molecular weight excluding hydrogens is 631 g/mol. The van der Waals surface area contributed by atoms with Crippen molar-refractivity contribution in [2.24, 2.45) is 0 Å². The highest BCUT2D eigenvalue weighted by molar-refractivity contribution is 7.26. The fraction of sp³-hybridized carbons (Fsp3) is 0.500. The summed E-state index contributed by atoms with van der Waals surface area (Å²) in [5.41, 5.74) is 0.970. The third kappa shape index (κ3) is 5.27. The standard InChI is InChI=1S/C24H19F13S3/c1-11-6-8-15(38-11)17-13(3)14(18(40-17)16-9-7-12(2)39-16)5-4-10-19(25,26)20(27,28)21(29,30)22(31,32)23(33,34)24(35,36)37/h6-9H,4-5,10H2,1-3H3. The molecule has 3 heterocycles. The zero-order chi connectivity index (χ0) is 30.7. The zero-order valence-corrected chi connectivity index (χ0v) is 23.0. The van der Waals surface area contributed by atoms with Crippen LogP contribution in [-0.2, 0) is 6.42 Å². The molecule has 0 unspecified atom stereocenters. The summed E-state index contributed by atoms with van der Waals surface area (Å²) in [5.74, 6) is -36.7. The van der Waals surface area contributed by atoms with Crippen LogP contribution in [0.2, 0.25) is 0 Å². The summed E-state index contributed by atoms with van der Waals surface area (Å²) in [4.78, 5) is 4.64. The second-order valence-corrected chi connectivity index (χ2v) is 12.6. The van der Waals surface area contributed by atoms with Crippen LogP contribution >= 0.6 is 34.0 Å². The van der Waals surface area contributed by atoms with Crippen LogP contribution in [0.5, 0.6) is 0 Å². The molecule has 0 aromatic carbocycles. The second kappa shape index (κ2) is 10.5. The topological polar surface area (TPSA) is 0 Å². The molecule has 0 spiro atoms. The van der Waals surface area contributed by atoms with E-state index in [2.05, 4.69) is 0 Å². The molecule has 0 saturated carbocycles. The maximum absolute atomic E-state index is 14.3. The van der Waals surface area contributed by atoms with E-state index >= 15 is 0 Å². The van der Waals surface area contributed by atoms with E-state index in [1.165, 1.54) is 34.0 Å². The van der Waals surface area contributed by atoms with Gasteiger partial charge in [-0.2, -0.15) is 57.1 Å². The average Bonchev–Trinajstić information content (AvgIpc) is 3.51. The van der Waals surface area contributed by atoms with Gasteiger partial charge in [0, 0.05) is 35.7 Å². The molecule has 40 heavy (non-hydrogen) atoms. The van der Waals surface area contributed by atoms with Gasteiger partial charge in [0.1, 0.15) is 0 Å². The fourth-order valence-electron chi connectivity index (χ4n) is 3.84. The van der Waals surface area contributed by atoms with Crippen LogP contribution in [0.25, 0.3) is 19.5 Å². The molecule has 0 bridgehead atoms. The van der Waals surface area contributed by atoms with Gasteiger partial charge in [-0.05, 0) is 69.0 Å². The van der Waals surface area contributed by atoms with Crippen LogP contribution in [0.1, 0.15) is 33.7 Å². The molecule has 0 aliphatic carbocycles. The normalized spacial score (nSPS) is 14.3. The smallest absolute Gasteiger partial charge is 0.200 e. The fourth-order valence-corrected chi connectivity index (χ4v) is 7.24. The van der Waals surface area contributed by atoms with Gasteiger partial charge in [0.15, 0.2) is 0 Å². The minimum Gasteiger partial charge on any atom is -0.200 e. The first kappa shape index (κ1) is 32.7. The maximum Gasteiger partial charge on any atom is 0.460 e. The van der Waals surface area contributed by atoms with Gasteiger partial charge in [-0.1, -0.05) is 0 Å². The Kier molecular flexibility index (Phi) is 8.56. The lowest BCUT2D eigenvalue weighted by Gasteiger charge is -2.39. The molecule has 0 saturated heterocycles. The van der Waals surface area contributed by atoms with Crippen molar-refractivity contribution < 1.29 is 57.1 Å². The number of rotatable bonds is 10. The van der Waals surface area contributed by atoms with Crippen molar-refractivity contribution >= 4 is 34.0 Å². The van der Waals surface area contributed by atoms with Crippen molar-refractivity contribution in [3.8, 4) is 19.5 Å². The molecule has 3 rings (SSSR count). The van der Waals surface area contributed by atoms with E-state index < -0.39 is 55.1 Å². The Morgan fingerprint density at radius 3 is 1.43 bits per heavy atom. The number of alkyl halides is 13. The predicted octanol–water partition coefficient (Wildman–Crippen LogP) is 11.2. The highest BCUT2D eigenvalue weighted by Crippen LogP contribution is 2.61. The summed E-state index contributed by atoms with van der Waals surface area (Å²) in [7, 11) is 0. The summed E-state index contributed by atoms with van der Waals surface area (Å²) in [6, 6.07) is 7.13. The van der Waals surface area contributed by atoms with Gasteiger partial charge in [-0.25, -0.2) is 0 Å². The maximum atomic E-state index is 14.3.